The highest BCUT2D eigenvalue weighted by atomic mass is 19.4. The van der Waals surface area contributed by atoms with Crippen LogP contribution in [0.1, 0.15) is 112 Å². The predicted octanol–water partition coefficient (Wildman–Crippen LogP) is 13.3. The largest absolute Gasteiger partial charge is 0.429 e. The molecule has 0 radical (unpaired) electrons. The summed E-state index contributed by atoms with van der Waals surface area (Å²) in [5, 5.41) is 0. The van der Waals surface area contributed by atoms with Crippen molar-refractivity contribution in [2.45, 2.75) is 108 Å². The van der Waals surface area contributed by atoms with Crippen molar-refractivity contribution in [3.05, 3.63) is 101 Å². The fraction of sp³-hybridized carbons (Fsp3) is 0.487. The van der Waals surface area contributed by atoms with E-state index in [0.29, 0.717) is 17.0 Å². The van der Waals surface area contributed by atoms with Gasteiger partial charge in [0.1, 0.15) is 23.2 Å². The number of hydrogen-bond acceptors (Lipinski definition) is 1. The summed E-state index contributed by atoms with van der Waals surface area (Å²) in [6.07, 6.45) is 1.34. The lowest BCUT2D eigenvalue weighted by molar-refractivity contribution is -0.187. The first-order valence-corrected chi connectivity index (χ1v) is 17.0. The zero-order valence-electron chi connectivity index (χ0n) is 27.1. The van der Waals surface area contributed by atoms with E-state index in [0.717, 1.165) is 43.0 Å². The number of rotatable bonds is 11. The first-order chi connectivity index (χ1) is 22.8. The lowest BCUT2D eigenvalue weighted by Gasteiger charge is -2.29. The van der Waals surface area contributed by atoms with Gasteiger partial charge in [-0.15, -0.1) is 0 Å². The van der Waals surface area contributed by atoms with Gasteiger partial charge >= 0.3 is 12.3 Å². The molecule has 0 aliphatic heterocycles. The molecule has 1 nitrogen and oxygen atoms in total. The Hall–Kier alpha value is -3.36. The van der Waals surface area contributed by atoms with Crippen LogP contribution in [0.4, 0.5) is 35.1 Å². The number of unbranched alkanes of at least 4 members (excludes halogenated alkanes) is 2. The molecule has 5 rings (SSSR count). The molecule has 0 atom stereocenters. The number of halogens is 8. The van der Waals surface area contributed by atoms with Gasteiger partial charge in [-0.3, -0.25) is 0 Å². The van der Waals surface area contributed by atoms with Crippen molar-refractivity contribution in [1.82, 2.24) is 0 Å². The molecule has 0 aromatic heterocycles. The van der Waals surface area contributed by atoms with E-state index < -0.39 is 52.9 Å². The Kier molecular flexibility index (Phi) is 11.6. The van der Waals surface area contributed by atoms with Gasteiger partial charge in [-0.1, -0.05) is 69.0 Å². The number of benzene rings is 3. The van der Waals surface area contributed by atoms with E-state index in [4.69, 9.17) is 4.74 Å². The number of alkyl halides is 5. The molecule has 0 heterocycles. The van der Waals surface area contributed by atoms with Crippen LogP contribution in [0.2, 0.25) is 0 Å². The molecular weight excluding hydrogens is 636 g/mol. The highest BCUT2D eigenvalue weighted by molar-refractivity contribution is 5.64. The number of ether oxygens (including phenoxy) is 1. The Balaban J connectivity index is 1.18. The summed E-state index contributed by atoms with van der Waals surface area (Å²) in [7, 11) is 0. The first-order valence-electron chi connectivity index (χ1n) is 17.0. The van der Waals surface area contributed by atoms with Crippen molar-refractivity contribution in [3.8, 4) is 16.9 Å². The predicted molar refractivity (Wildman–Crippen MR) is 172 cm³/mol. The summed E-state index contributed by atoms with van der Waals surface area (Å²) < 4.78 is 117. The molecule has 0 saturated heterocycles. The standard InChI is InChI=1S/C39H42F8O/c1-2-3-4-5-25-6-8-26(9-7-25)27-10-12-28(13-11-27)31-18-21-34(36(41)22-31)39(46,47)48-32-19-20-33(35(40)23-32)29-14-16-30(17-15-29)37(42)24-38(43,44)45/h10-13,18-26,29-30H,2-9,14-17H2,1H3/b37-24-. The second kappa shape index (κ2) is 15.5. The van der Waals surface area contributed by atoms with Crippen LogP contribution in [0.3, 0.4) is 0 Å². The molecule has 2 fully saturated rings. The molecule has 2 aliphatic rings. The lowest BCUT2D eigenvalue weighted by atomic mass is 9.77. The minimum absolute atomic E-state index is 0.0956. The molecule has 2 aliphatic carbocycles. The van der Waals surface area contributed by atoms with E-state index in [9.17, 15) is 22.0 Å². The molecule has 2 saturated carbocycles. The smallest absolute Gasteiger partial charge is 0.429 e. The molecule has 3 aromatic carbocycles. The molecule has 260 valence electrons. The van der Waals surface area contributed by atoms with E-state index in [1.807, 2.05) is 24.3 Å². The summed E-state index contributed by atoms with van der Waals surface area (Å²) in [6.45, 7) is 2.22. The second-order valence-corrected chi connectivity index (χ2v) is 13.5. The average Bonchev–Trinajstić information content (AvgIpc) is 3.04. The van der Waals surface area contributed by atoms with Crippen LogP contribution in [0.15, 0.2) is 72.6 Å². The van der Waals surface area contributed by atoms with Crippen molar-refractivity contribution < 1.29 is 39.9 Å². The Labute approximate surface area is 277 Å². The third-order valence-electron chi connectivity index (χ3n) is 10.1. The normalized spacial score (nSPS) is 22.5. The van der Waals surface area contributed by atoms with E-state index in [-0.39, 0.29) is 37.3 Å². The maximum Gasteiger partial charge on any atom is 0.429 e. The summed E-state index contributed by atoms with van der Waals surface area (Å²) in [4.78, 5) is 0. The summed E-state index contributed by atoms with van der Waals surface area (Å²) in [5.41, 5.74) is 1.57. The maximum atomic E-state index is 15.1. The van der Waals surface area contributed by atoms with Crippen molar-refractivity contribution in [2.75, 3.05) is 0 Å². The minimum atomic E-state index is -4.76. The van der Waals surface area contributed by atoms with Gasteiger partial charge in [-0.2, -0.15) is 22.0 Å². The SMILES string of the molecule is CCCCCC1CCC(c2ccc(-c3ccc(C(F)(F)Oc4ccc(C5CCC(/C(F)=C/C(F)(F)F)CC5)c(F)c4)c(F)c3)cc2)CC1. The summed E-state index contributed by atoms with van der Waals surface area (Å²) >= 11 is 0. The molecule has 48 heavy (non-hydrogen) atoms. The molecule has 3 aromatic rings. The zero-order chi connectivity index (χ0) is 34.5. The second-order valence-electron chi connectivity index (χ2n) is 13.5. The third-order valence-corrected chi connectivity index (χ3v) is 10.1. The van der Waals surface area contributed by atoms with Crippen molar-refractivity contribution in [2.24, 2.45) is 11.8 Å². The molecule has 0 amide bonds. The van der Waals surface area contributed by atoms with E-state index in [1.54, 1.807) is 0 Å². The minimum Gasteiger partial charge on any atom is -0.429 e. The van der Waals surface area contributed by atoms with Gasteiger partial charge in [0, 0.05) is 12.0 Å². The van der Waals surface area contributed by atoms with Crippen LogP contribution in [0.5, 0.6) is 5.75 Å². The van der Waals surface area contributed by atoms with Crippen LogP contribution < -0.4 is 4.74 Å². The molecule has 0 N–H and O–H groups in total. The van der Waals surface area contributed by atoms with Crippen molar-refractivity contribution in [3.63, 3.8) is 0 Å². The van der Waals surface area contributed by atoms with Gasteiger partial charge in [0.25, 0.3) is 0 Å². The monoisotopic (exact) mass is 678 g/mol. The van der Waals surface area contributed by atoms with Crippen LogP contribution in [0.25, 0.3) is 11.1 Å². The van der Waals surface area contributed by atoms with Gasteiger partial charge in [-0.05, 0) is 110 Å². The van der Waals surface area contributed by atoms with Gasteiger partial charge in [0.05, 0.1) is 11.6 Å². The summed E-state index contributed by atoms with van der Waals surface area (Å²) in [6, 6.07) is 14.5. The quantitative estimate of drug-likeness (QED) is 0.145. The fourth-order valence-electron chi connectivity index (χ4n) is 7.41. The van der Waals surface area contributed by atoms with Crippen LogP contribution in [-0.4, -0.2) is 6.18 Å². The molecule has 9 heteroatoms. The number of hydrogen-bond donors (Lipinski definition) is 0. The summed E-state index contributed by atoms with van der Waals surface area (Å²) in [5.74, 6) is -3.77. The van der Waals surface area contributed by atoms with Gasteiger partial charge in [0.15, 0.2) is 0 Å². The Bertz CT molecular complexity index is 1530. The Morgan fingerprint density at radius 1 is 0.729 bits per heavy atom. The molecule has 0 spiro atoms. The van der Waals surface area contributed by atoms with E-state index in [1.165, 1.54) is 56.2 Å². The van der Waals surface area contributed by atoms with Crippen molar-refractivity contribution >= 4 is 0 Å². The topological polar surface area (TPSA) is 9.23 Å². The lowest BCUT2D eigenvalue weighted by Crippen LogP contribution is -2.23. The fourth-order valence-corrected chi connectivity index (χ4v) is 7.41. The third kappa shape index (κ3) is 9.20. The molecule has 0 unspecified atom stereocenters. The van der Waals surface area contributed by atoms with Crippen LogP contribution in [0, 0.1) is 23.5 Å². The van der Waals surface area contributed by atoms with Gasteiger partial charge in [0.2, 0.25) is 0 Å². The highest BCUT2D eigenvalue weighted by Gasteiger charge is 2.38. The Morgan fingerprint density at radius 2 is 1.38 bits per heavy atom. The van der Waals surface area contributed by atoms with Crippen LogP contribution >= 0.6 is 0 Å². The van der Waals surface area contributed by atoms with E-state index in [2.05, 4.69) is 6.92 Å². The first kappa shape index (κ1) is 35.9. The van der Waals surface area contributed by atoms with E-state index >= 15 is 13.2 Å². The van der Waals surface area contributed by atoms with Gasteiger partial charge < -0.3 is 4.74 Å². The number of allylic oxidation sites excluding steroid dienone is 2. The van der Waals surface area contributed by atoms with Crippen molar-refractivity contribution in [1.29, 1.82) is 0 Å². The molecular formula is C39H42F8O. The molecule has 0 bridgehead atoms. The Morgan fingerprint density at radius 3 is 1.98 bits per heavy atom. The maximum absolute atomic E-state index is 15.1. The van der Waals surface area contributed by atoms with Crippen LogP contribution in [-0.2, 0) is 6.11 Å². The zero-order valence-corrected chi connectivity index (χ0v) is 27.1. The highest BCUT2D eigenvalue weighted by Crippen LogP contribution is 2.43. The average molecular weight is 679 g/mol. The van der Waals surface area contributed by atoms with Gasteiger partial charge in [-0.25, -0.2) is 13.2 Å².